The van der Waals surface area contributed by atoms with Crippen molar-refractivity contribution in [2.45, 2.75) is 4.90 Å². The molecule has 0 spiro atoms. The molecular formula is C17H14N4O4S. The number of hydrogen-bond donors (Lipinski definition) is 1. The number of nitro groups is 1. The summed E-state index contributed by atoms with van der Waals surface area (Å²) in [7, 11) is 0. The summed E-state index contributed by atoms with van der Waals surface area (Å²) in [5.74, 6) is 0.367. The highest BCUT2D eigenvalue weighted by atomic mass is 32.2. The van der Waals surface area contributed by atoms with Gasteiger partial charge in [0.05, 0.1) is 33.5 Å². The highest BCUT2D eigenvalue weighted by Crippen LogP contribution is 2.29. The monoisotopic (exact) mass is 370 g/mol. The van der Waals surface area contributed by atoms with Gasteiger partial charge in [-0.1, -0.05) is 18.2 Å². The second-order valence-electron chi connectivity index (χ2n) is 5.21. The van der Waals surface area contributed by atoms with E-state index in [9.17, 15) is 14.9 Å². The Kier molecular flexibility index (Phi) is 5.40. The van der Waals surface area contributed by atoms with Crippen molar-refractivity contribution in [1.82, 2.24) is 9.66 Å². The number of aliphatic hydroxyl groups is 1. The summed E-state index contributed by atoms with van der Waals surface area (Å²) >= 11 is 1.20. The Hall–Kier alpha value is -3.04. The zero-order chi connectivity index (χ0) is 18.5. The average Bonchev–Trinajstić information content (AvgIpc) is 2.66. The normalized spacial score (nSPS) is 11.3. The van der Waals surface area contributed by atoms with Gasteiger partial charge < -0.3 is 5.11 Å². The Balaban J connectivity index is 1.93. The zero-order valence-electron chi connectivity index (χ0n) is 13.5. The molecule has 8 nitrogen and oxygen atoms in total. The third-order valence-electron chi connectivity index (χ3n) is 3.51. The Labute approximate surface area is 152 Å². The molecule has 3 aromatic rings. The van der Waals surface area contributed by atoms with Crippen LogP contribution in [0, 0.1) is 10.1 Å². The maximum atomic E-state index is 12.4. The molecule has 0 saturated carbocycles. The van der Waals surface area contributed by atoms with Gasteiger partial charge in [0.15, 0.2) is 0 Å². The number of rotatable bonds is 6. The van der Waals surface area contributed by atoms with Crippen molar-refractivity contribution in [2.24, 2.45) is 5.10 Å². The minimum absolute atomic E-state index is 0.0666. The zero-order valence-corrected chi connectivity index (χ0v) is 14.3. The van der Waals surface area contributed by atoms with E-state index in [1.165, 1.54) is 30.4 Å². The van der Waals surface area contributed by atoms with Crippen LogP contribution < -0.4 is 5.56 Å². The van der Waals surface area contributed by atoms with E-state index in [1.54, 1.807) is 36.4 Å². The number of hydrogen-bond acceptors (Lipinski definition) is 7. The molecule has 0 radical (unpaired) electrons. The van der Waals surface area contributed by atoms with Gasteiger partial charge >= 0.3 is 0 Å². The van der Waals surface area contributed by atoms with Crippen molar-refractivity contribution in [3.63, 3.8) is 0 Å². The largest absolute Gasteiger partial charge is 0.396 e. The summed E-state index contributed by atoms with van der Waals surface area (Å²) < 4.78 is 1.09. The first-order valence-corrected chi connectivity index (χ1v) is 8.61. The van der Waals surface area contributed by atoms with Crippen LogP contribution in [0.4, 0.5) is 5.69 Å². The molecule has 9 heteroatoms. The molecule has 0 aliphatic carbocycles. The van der Waals surface area contributed by atoms with Crippen molar-refractivity contribution < 1.29 is 10.0 Å². The third kappa shape index (κ3) is 3.79. The van der Waals surface area contributed by atoms with Gasteiger partial charge in [0.2, 0.25) is 0 Å². The third-order valence-corrected chi connectivity index (χ3v) is 4.55. The first kappa shape index (κ1) is 17.8. The Bertz CT molecular complexity index is 1050. The van der Waals surface area contributed by atoms with Gasteiger partial charge in [0, 0.05) is 17.4 Å². The maximum Gasteiger partial charge on any atom is 0.283 e. The highest BCUT2D eigenvalue weighted by molar-refractivity contribution is 7.99. The van der Waals surface area contributed by atoms with E-state index in [0.717, 1.165) is 4.68 Å². The van der Waals surface area contributed by atoms with Gasteiger partial charge in [0.1, 0.15) is 6.33 Å². The minimum Gasteiger partial charge on any atom is -0.396 e. The Morgan fingerprint density at radius 1 is 1.31 bits per heavy atom. The molecule has 0 bridgehead atoms. The molecular weight excluding hydrogens is 356 g/mol. The topological polar surface area (TPSA) is 111 Å². The van der Waals surface area contributed by atoms with Crippen molar-refractivity contribution in [3.05, 3.63) is 74.8 Å². The molecule has 0 unspecified atom stereocenters. The molecule has 0 saturated heterocycles. The quantitative estimate of drug-likeness (QED) is 0.308. The molecule has 26 heavy (non-hydrogen) atoms. The van der Waals surface area contributed by atoms with Gasteiger partial charge in [-0.15, -0.1) is 11.8 Å². The molecule has 2 aromatic carbocycles. The summed E-state index contributed by atoms with van der Waals surface area (Å²) in [6.45, 7) is -0.0666. The Morgan fingerprint density at radius 2 is 2.12 bits per heavy atom. The SMILES string of the molecule is O=c1c2ccccc2ncn1/N=C/c1ccc(SCCO)c([N+](=O)[O-])c1. The van der Waals surface area contributed by atoms with Gasteiger partial charge in [-0.2, -0.15) is 9.78 Å². The standard InChI is InChI=1S/C17H14N4O4S/c22-7-8-26-16-6-5-12(9-15(16)21(24)25)10-19-20-11-18-14-4-2-1-3-13(14)17(20)23/h1-6,9-11,22H,7-8H2/b19-10+. The molecule has 1 heterocycles. The van der Waals surface area contributed by atoms with E-state index in [-0.39, 0.29) is 17.9 Å². The summed E-state index contributed by atoms with van der Waals surface area (Å²) in [4.78, 5) is 27.7. The smallest absolute Gasteiger partial charge is 0.283 e. The fourth-order valence-corrected chi connectivity index (χ4v) is 3.06. The van der Waals surface area contributed by atoms with Crippen molar-refractivity contribution in [1.29, 1.82) is 0 Å². The van der Waals surface area contributed by atoms with E-state index >= 15 is 0 Å². The second-order valence-corrected chi connectivity index (χ2v) is 6.35. The number of benzene rings is 2. The second kappa shape index (κ2) is 7.89. The van der Waals surface area contributed by atoms with Crippen LogP contribution in [0.25, 0.3) is 10.9 Å². The van der Waals surface area contributed by atoms with Crippen molar-refractivity contribution in [3.8, 4) is 0 Å². The molecule has 1 N–H and O–H groups in total. The van der Waals surface area contributed by atoms with Crippen LogP contribution in [0.3, 0.4) is 0 Å². The van der Waals surface area contributed by atoms with Gasteiger partial charge in [0.25, 0.3) is 11.2 Å². The first-order valence-electron chi connectivity index (χ1n) is 7.63. The van der Waals surface area contributed by atoms with Crippen LogP contribution in [0.5, 0.6) is 0 Å². The van der Waals surface area contributed by atoms with Crippen molar-refractivity contribution in [2.75, 3.05) is 12.4 Å². The van der Waals surface area contributed by atoms with Crippen LogP contribution >= 0.6 is 11.8 Å². The van der Waals surface area contributed by atoms with E-state index in [4.69, 9.17) is 5.11 Å². The molecule has 0 atom stereocenters. The van der Waals surface area contributed by atoms with Gasteiger partial charge in [-0.3, -0.25) is 14.9 Å². The van der Waals surface area contributed by atoms with Crippen LogP contribution in [0.2, 0.25) is 0 Å². The lowest BCUT2D eigenvalue weighted by molar-refractivity contribution is -0.387. The molecule has 3 rings (SSSR count). The summed E-state index contributed by atoms with van der Waals surface area (Å²) in [6, 6.07) is 11.6. The molecule has 0 aliphatic heterocycles. The lowest BCUT2D eigenvalue weighted by Crippen LogP contribution is -2.16. The van der Waals surface area contributed by atoms with Crippen LogP contribution in [-0.4, -0.2) is 38.3 Å². The number of para-hydroxylation sites is 1. The number of fused-ring (bicyclic) bond motifs is 1. The summed E-state index contributed by atoms with van der Waals surface area (Å²) in [5.41, 5.74) is 0.655. The molecule has 0 fully saturated rings. The number of nitro benzene ring substituents is 1. The van der Waals surface area contributed by atoms with Gasteiger partial charge in [-0.25, -0.2) is 4.98 Å². The fraction of sp³-hybridized carbons (Fsp3) is 0.118. The average molecular weight is 370 g/mol. The number of aliphatic hydroxyl groups excluding tert-OH is 1. The van der Waals surface area contributed by atoms with Crippen LogP contribution in [0.15, 0.2) is 63.6 Å². The fourth-order valence-electron chi connectivity index (χ4n) is 2.31. The number of nitrogens with zero attached hydrogens (tertiary/aromatic N) is 4. The molecule has 0 aliphatic rings. The van der Waals surface area contributed by atoms with E-state index in [1.807, 2.05) is 0 Å². The molecule has 132 valence electrons. The predicted octanol–water partition coefficient (Wildman–Crippen LogP) is 2.27. The molecule has 0 amide bonds. The minimum atomic E-state index is -0.485. The van der Waals surface area contributed by atoms with Crippen LogP contribution in [0.1, 0.15) is 5.56 Å². The van der Waals surface area contributed by atoms with Crippen molar-refractivity contribution >= 4 is 34.6 Å². The maximum absolute atomic E-state index is 12.4. The Morgan fingerprint density at radius 3 is 2.88 bits per heavy atom. The number of thioether (sulfide) groups is 1. The highest BCUT2D eigenvalue weighted by Gasteiger charge is 2.14. The van der Waals surface area contributed by atoms with E-state index < -0.39 is 4.92 Å². The summed E-state index contributed by atoms with van der Waals surface area (Å²) in [6.07, 6.45) is 2.67. The lowest BCUT2D eigenvalue weighted by Gasteiger charge is -2.03. The molecule has 1 aromatic heterocycles. The first-order chi connectivity index (χ1) is 12.6. The van der Waals surface area contributed by atoms with E-state index in [0.29, 0.717) is 27.1 Å². The number of aromatic nitrogens is 2. The lowest BCUT2D eigenvalue weighted by atomic mass is 10.2. The predicted molar refractivity (Wildman–Crippen MR) is 99.9 cm³/mol. The van der Waals surface area contributed by atoms with E-state index in [2.05, 4.69) is 10.1 Å². The van der Waals surface area contributed by atoms with Gasteiger partial charge in [-0.05, 0) is 18.2 Å². The summed E-state index contributed by atoms with van der Waals surface area (Å²) in [5, 5.41) is 24.6. The van der Waals surface area contributed by atoms with Crippen LogP contribution in [-0.2, 0) is 0 Å².